The number of carboxylic acid groups (broad SMARTS) is 1. The summed E-state index contributed by atoms with van der Waals surface area (Å²) in [6, 6.07) is 0.627. The molecule has 1 heterocycles. The fourth-order valence-corrected chi connectivity index (χ4v) is 0.901. The predicted octanol–water partition coefficient (Wildman–Crippen LogP) is 1.85. The van der Waals surface area contributed by atoms with Gasteiger partial charge in [0.1, 0.15) is 0 Å². The van der Waals surface area contributed by atoms with Crippen molar-refractivity contribution in [1.29, 1.82) is 0 Å². The summed E-state index contributed by atoms with van der Waals surface area (Å²) in [5.41, 5.74) is -1.22. The molecule has 0 atom stereocenters. The van der Waals surface area contributed by atoms with Crippen molar-refractivity contribution >= 4 is 5.97 Å². The number of hydrogen-bond donors (Lipinski definition) is 2. The molecule has 4 nitrogen and oxygen atoms in total. The Kier molecular flexibility index (Phi) is 2.89. The van der Waals surface area contributed by atoms with Gasteiger partial charge in [0.05, 0.1) is 6.42 Å². The molecule has 0 aliphatic rings. The molecule has 1 rings (SSSR count). The highest BCUT2D eigenvalue weighted by Crippen LogP contribution is 2.37. The van der Waals surface area contributed by atoms with Crippen molar-refractivity contribution in [3.63, 3.8) is 0 Å². The van der Waals surface area contributed by atoms with Gasteiger partial charge >= 0.3 is 18.1 Å². The molecule has 0 aliphatic heterocycles. The summed E-state index contributed by atoms with van der Waals surface area (Å²) in [4.78, 5) is 10.3. The quantitative estimate of drug-likeness (QED) is 0.797. The van der Waals surface area contributed by atoms with Crippen molar-refractivity contribution in [1.82, 2.24) is 10.2 Å². The van der Waals surface area contributed by atoms with Crippen LogP contribution in [-0.2, 0) is 6.42 Å². The number of aromatic nitrogens is 2. The van der Waals surface area contributed by atoms with Gasteiger partial charge in [-0.3, -0.25) is 5.10 Å². The van der Waals surface area contributed by atoms with E-state index in [9.17, 15) is 26.7 Å². The van der Waals surface area contributed by atoms with Crippen LogP contribution in [0.2, 0.25) is 0 Å². The smallest absolute Gasteiger partial charge is 0.453 e. The summed E-state index contributed by atoms with van der Waals surface area (Å²) in [6.07, 6.45) is -7.35. The zero-order valence-corrected chi connectivity index (χ0v) is 7.48. The fraction of sp³-hybridized carbons (Fsp3) is 0.429. The summed E-state index contributed by atoms with van der Waals surface area (Å²) in [5, 5.41) is 13.2. The summed E-state index contributed by atoms with van der Waals surface area (Å²) < 4.78 is 60.4. The molecule has 0 radical (unpaired) electrons. The topological polar surface area (TPSA) is 66.0 Å². The third kappa shape index (κ3) is 2.47. The Morgan fingerprint density at radius 2 is 1.94 bits per heavy atom. The minimum Gasteiger partial charge on any atom is -0.476 e. The highest BCUT2D eigenvalue weighted by atomic mass is 19.4. The minimum absolute atomic E-state index is 0.597. The Hall–Kier alpha value is -1.67. The van der Waals surface area contributed by atoms with Crippen molar-refractivity contribution in [2.75, 3.05) is 0 Å². The molecule has 1 aromatic rings. The van der Waals surface area contributed by atoms with Crippen molar-refractivity contribution < 1.29 is 31.9 Å². The van der Waals surface area contributed by atoms with E-state index in [4.69, 9.17) is 5.11 Å². The van der Waals surface area contributed by atoms with Gasteiger partial charge in [-0.25, -0.2) is 4.79 Å². The molecule has 90 valence electrons. The first-order chi connectivity index (χ1) is 7.13. The maximum Gasteiger partial charge on any atom is 0.453 e. The fourth-order valence-electron chi connectivity index (χ4n) is 0.901. The predicted molar refractivity (Wildman–Crippen MR) is 40.3 cm³/mol. The van der Waals surface area contributed by atoms with Crippen LogP contribution in [0.4, 0.5) is 22.0 Å². The highest BCUT2D eigenvalue weighted by molar-refractivity contribution is 5.85. The first-order valence-corrected chi connectivity index (χ1v) is 3.85. The molecule has 0 unspecified atom stereocenters. The van der Waals surface area contributed by atoms with Crippen LogP contribution in [0.25, 0.3) is 0 Å². The molecular formula is C7H5F5N2O2. The average Bonchev–Trinajstić information content (AvgIpc) is 2.49. The number of aromatic amines is 1. The number of carboxylic acids is 1. The maximum atomic E-state index is 12.5. The van der Waals surface area contributed by atoms with E-state index in [-0.39, 0.29) is 0 Å². The van der Waals surface area contributed by atoms with E-state index in [0.717, 1.165) is 0 Å². The molecule has 0 saturated heterocycles. The standard InChI is InChI=1S/C7H5F5N2O2/c8-6(9,7(10,11)12)2-3-1-4(5(15)16)14-13-3/h1H,2H2,(H,13,14)(H,15,16). The van der Waals surface area contributed by atoms with Crippen LogP contribution in [0.1, 0.15) is 16.2 Å². The molecule has 0 spiro atoms. The lowest BCUT2D eigenvalue weighted by Crippen LogP contribution is -2.38. The number of hydrogen-bond acceptors (Lipinski definition) is 2. The molecule has 0 aliphatic carbocycles. The normalized spacial score (nSPS) is 12.8. The van der Waals surface area contributed by atoms with Gasteiger partial charge in [-0.1, -0.05) is 0 Å². The first kappa shape index (κ1) is 12.4. The number of halogens is 5. The molecule has 0 bridgehead atoms. The SMILES string of the molecule is O=C(O)c1cc(CC(F)(F)C(F)(F)F)[nH]n1. The van der Waals surface area contributed by atoms with E-state index in [1.165, 1.54) is 0 Å². The van der Waals surface area contributed by atoms with Crippen LogP contribution in [0.15, 0.2) is 6.07 Å². The second-order valence-corrected chi connectivity index (χ2v) is 2.96. The van der Waals surface area contributed by atoms with Crippen molar-refractivity contribution in [3.05, 3.63) is 17.5 Å². The largest absolute Gasteiger partial charge is 0.476 e. The Morgan fingerprint density at radius 3 is 2.31 bits per heavy atom. The number of nitrogens with one attached hydrogen (secondary N) is 1. The molecule has 9 heteroatoms. The van der Waals surface area contributed by atoms with E-state index in [1.807, 2.05) is 0 Å². The van der Waals surface area contributed by atoms with Gasteiger partial charge in [0, 0.05) is 5.69 Å². The zero-order chi connectivity index (χ0) is 12.6. The minimum atomic E-state index is -5.68. The molecule has 0 fully saturated rings. The van der Waals surface area contributed by atoms with Crippen molar-refractivity contribution in [2.45, 2.75) is 18.5 Å². The Labute approximate surface area is 85.1 Å². The van der Waals surface area contributed by atoms with E-state index in [2.05, 4.69) is 5.10 Å². The summed E-state index contributed by atoms with van der Waals surface area (Å²) in [7, 11) is 0. The summed E-state index contributed by atoms with van der Waals surface area (Å²) in [6.45, 7) is 0. The van der Waals surface area contributed by atoms with Gasteiger partial charge in [0.25, 0.3) is 0 Å². The molecule has 1 aromatic heterocycles. The number of alkyl halides is 5. The molecule has 0 saturated carbocycles. The lowest BCUT2D eigenvalue weighted by molar-refractivity contribution is -0.281. The Balaban J connectivity index is 2.85. The van der Waals surface area contributed by atoms with Crippen LogP contribution < -0.4 is 0 Å². The van der Waals surface area contributed by atoms with Crippen LogP contribution in [0.3, 0.4) is 0 Å². The van der Waals surface area contributed by atoms with Gasteiger partial charge in [0.15, 0.2) is 5.69 Å². The third-order valence-electron chi connectivity index (χ3n) is 1.68. The molecule has 0 aromatic carbocycles. The van der Waals surface area contributed by atoms with Gasteiger partial charge in [-0.2, -0.15) is 27.1 Å². The monoisotopic (exact) mass is 244 g/mol. The first-order valence-electron chi connectivity index (χ1n) is 3.85. The molecule has 16 heavy (non-hydrogen) atoms. The maximum absolute atomic E-state index is 12.5. The van der Waals surface area contributed by atoms with Gasteiger partial charge < -0.3 is 5.11 Å². The van der Waals surface area contributed by atoms with Gasteiger partial charge in [0.2, 0.25) is 0 Å². The summed E-state index contributed by atoms with van der Waals surface area (Å²) >= 11 is 0. The van der Waals surface area contributed by atoms with Crippen molar-refractivity contribution in [2.24, 2.45) is 0 Å². The number of nitrogens with zero attached hydrogens (tertiary/aromatic N) is 1. The third-order valence-corrected chi connectivity index (χ3v) is 1.68. The molecular weight excluding hydrogens is 239 g/mol. The average molecular weight is 244 g/mol. The highest BCUT2D eigenvalue weighted by Gasteiger charge is 2.57. The number of H-pyrrole nitrogens is 1. The Bertz CT molecular complexity index is 398. The van der Waals surface area contributed by atoms with Crippen LogP contribution in [0.5, 0.6) is 0 Å². The summed E-state index contributed by atoms with van der Waals surface area (Å²) in [5.74, 6) is -6.44. The Morgan fingerprint density at radius 1 is 1.38 bits per heavy atom. The van der Waals surface area contributed by atoms with Gasteiger partial charge in [-0.05, 0) is 6.07 Å². The van der Waals surface area contributed by atoms with E-state index >= 15 is 0 Å². The van der Waals surface area contributed by atoms with Crippen LogP contribution in [-0.4, -0.2) is 33.4 Å². The molecule has 2 N–H and O–H groups in total. The number of rotatable bonds is 3. The zero-order valence-electron chi connectivity index (χ0n) is 7.48. The van der Waals surface area contributed by atoms with Gasteiger partial charge in [-0.15, -0.1) is 0 Å². The molecule has 0 amide bonds. The van der Waals surface area contributed by atoms with E-state index < -0.39 is 35.9 Å². The van der Waals surface area contributed by atoms with Crippen molar-refractivity contribution in [3.8, 4) is 0 Å². The van der Waals surface area contributed by atoms with Crippen LogP contribution in [0, 0.1) is 0 Å². The van der Waals surface area contributed by atoms with E-state index in [0.29, 0.717) is 6.07 Å². The number of aromatic carboxylic acids is 1. The lowest BCUT2D eigenvalue weighted by Gasteiger charge is -2.18. The van der Waals surface area contributed by atoms with E-state index in [1.54, 1.807) is 5.10 Å². The lowest BCUT2D eigenvalue weighted by atomic mass is 10.1. The number of carbonyl (C=O) groups is 1. The second-order valence-electron chi connectivity index (χ2n) is 2.96. The second kappa shape index (κ2) is 3.72. The van der Waals surface area contributed by atoms with Crippen LogP contribution >= 0.6 is 0 Å².